The highest BCUT2D eigenvalue weighted by Gasteiger charge is 2.08. The number of amides is 2. The van der Waals surface area contributed by atoms with E-state index in [1.165, 1.54) is 23.9 Å². The van der Waals surface area contributed by atoms with Crippen molar-refractivity contribution < 1.29 is 14.8 Å². The second kappa shape index (κ2) is 11.1. The van der Waals surface area contributed by atoms with Crippen LogP contribution >= 0.6 is 24.0 Å². The lowest BCUT2D eigenvalue weighted by molar-refractivity contribution is -0.124. The molecule has 27 heavy (non-hydrogen) atoms. The van der Waals surface area contributed by atoms with E-state index in [0.29, 0.717) is 28.6 Å². The van der Waals surface area contributed by atoms with E-state index in [-0.39, 0.29) is 24.4 Å². The molecule has 0 unspecified atom stereocenters. The zero-order valence-electron chi connectivity index (χ0n) is 14.3. The standard InChI is InChI=1S/C17H18ClN5O3.ClH/c1-11(8-21-17(25)12-2-4-13(18)5-3-12)22-15-10-19-14(9-20-15)6-7-16(24)23-26;/h2-7,9-11,26H,8H2,1H3,(H,20,22)(H,21,25)(H,23,24);1H/t11-;/m1./s1. The van der Waals surface area contributed by atoms with Gasteiger partial charge in [0.1, 0.15) is 5.82 Å². The van der Waals surface area contributed by atoms with Crippen molar-refractivity contribution in [1.82, 2.24) is 20.8 Å². The van der Waals surface area contributed by atoms with Crippen LogP contribution in [0.5, 0.6) is 0 Å². The number of aromatic nitrogens is 2. The van der Waals surface area contributed by atoms with Crippen molar-refractivity contribution in [2.24, 2.45) is 0 Å². The summed E-state index contributed by atoms with van der Waals surface area (Å²) >= 11 is 5.80. The molecule has 2 aromatic rings. The zero-order valence-corrected chi connectivity index (χ0v) is 15.9. The van der Waals surface area contributed by atoms with Gasteiger partial charge in [-0.1, -0.05) is 11.6 Å². The van der Waals surface area contributed by atoms with Gasteiger partial charge in [-0.25, -0.2) is 10.5 Å². The average Bonchev–Trinajstić information content (AvgIpc) is 2.65. The van der Waals surface area contributed by atoms with E-state index in [0.717, 1.165) is 6.08 Å². The molecule has 2 amide bonds. The Kier molecular flexibility index (Phi) is 9.21. The van der Waals surface area contributed by atoms with Gasteiger partial charge in [0.2, 0.25) is 0 Å². The summed E-state index contributed by atoms with van der Waals surface area (Å²) in [7, 11) is 0. The van der Waals surface area contributed by atoms with Gasteiger partial charge >= 0.3 is 0 Å². The molecule has 4 N–H and O–H groups in total. The minimum absolute atomic E-state index is 0. The van der Waals surface area contributed by atoms with E-state index in [9.17, 15) is 9.59 Å². The lowest BCUT2D eigenvalue weighted by atomic mass is 10.2. The Labute approximate surface area is 167 Å². The number of hydrogen-bond donors (Lipinski definition) is 4. The highest BCUT2D eigenvalue weighted by Crippen LogP contribution is 2.09. The Morgan fingerprint density at radius 2 is 1.93 bits per heavy atom. The fourth-order valence-corrected chi connectivity index (χ4v) is 2.08. The van der Waals surface area contributed by atoms with Crippen LogP contribution in [0.4, 0.5) is 5.82 Å². The smallest absolute Gasteiger partial charge is 0.267 e. The van der Waals surface area contributed by atoms with Crippen LogP contribution in [0.3, 0.4) is 0 Å². The van der Waals surface area contributed by atoms with Gasteiger partial charge in [0.25, 0.3) is 11.8 Å². The number of nitrogens with zero attached hydrogens (tertiary/aromatic N) is 2. The minimum Gasteiger partial charge on any atom is -0.365 e. The van der Waals surface area contributed by atoms with E-state index in [1.54, 1.807) is 24.3 Å². The van der Waals surface area contributed by atoms with Gasteiger partial charge in [0, 0.05) is 29.2 Å². The maximum atomic E-state index is 12.0. The van der Waals surface area contributed by atoms with Gasteiger partial charge in [-0.05, 0) is 37.3 Å². The fraction of sp³-hybridized carbons (Fsp3) is 0.176. The molecule has 0 radical (unpaired) electrons. The van der Waals surface area contributed by atoms with Crippen molar-refractivity contribution in [1.29, 1.82) is 0 Å². The summed E-state index contributed by atoms with van der Waals surface area (Å²) < 4.78 is 0. The quantitative estimate of drug-likeness (QED) is 0.315. The average molecular weight is 412 g/mol. The van der Waals surface area contributed by atoms with Crippen LogP contribution in [-0.2, 0) is 4.79 Å². The molecule has 0 spiro atoms. The summed E-state index contributed by atoms with van der Waals surface area (Å²) in [5, 5.41) is 14.9. The lowest BCUT2D eigenvalue weighted by Gasteiger charge is -2.15. The van der Waals surface area contributed by atoms with Gasteiger partial charge in [0.05, 0.1) is 18.1 Å². The summed E-state index contributed by atoms with van der Waals surface area (Å²) in [4.78, 5) is 31.2. The molecule has 8 nitrogen and oxygen atoms in total. The van der Waals surface area contributed by atoms with Gasteiger partial charge in [-0.2, -0.15) is 0 Å². The van der Waals surface area contributed by atoms with Crippen LogP contribution in [0.15, 0.2) is 42.7 Å². The maximum Gasteiger partial charge on any atom is 0.267 e. The molecule has 0 aliphatic heterocycles. The molecular weight excluding hydrogens is 393 g/mol. The first kappa shape index (κ1) is 22.4. The molecule has 1 atom stereocenters. The Bertz CT molecular complexity index is 782. The molecule has 10 heteroatoms. The van der Waals surface area contributed by atoms with Gasteiger partial charge in [0.15, 0.2) is 0 Å². The Hall–Kier alpha value is -2.68. The molecule has 0 aliphatic carbocycles. The number of carbonyl (C=O) groups excluding carboxylic acids is 2. The number of nitrogens with one attached hydrogen (secondary N) is 3. The lowest BCUT2D eigenvalue weighted by Crippen LogP contribution is -2.34. The van der Waals surface area contributed by atoms with Gasteiger partial charge in [-0.15, -0.1) is 12.4 Å². The fourth-order valence-electron chi connectivity index (χ4n) is 1.95. The molecule has 0 aliphatic rings. The summed E-state index contributed by atoms with van der Waals surface area (Å²) in [5.74, 6) is -0.315. The number of halogens is 2. The molecule has 0 bridgehead atoms. The maximum absolute atomic E-state index is 12.0. The number of benzene rings is 1. The SMILES string of the molecule is C[C@H](CNC(=O)c1ccc(Cl)cc1)Nc1cnc(C=CC(=O)NO)cn1.Cl. The first-order valence-electron chi connectivity index (χ1n) is 7.72. The second-order valence-corrected chi connectivity index (χ2v) is 5.83. The number of carbonyl (C=O) groups is 2. The number of hydroxylamine groups is 1. The van der Waals surface area contributed by atoms with E-state index in [2.05, 4.69) is 20.6 Å². The highest BCUT2D eigenvalue weighted by atomic mass is 35.5. The van der Waals surface area contributed by atoms with Crippen molar-refractivity contribution in [2.75, 3.05) is 11.9 Å². The van der Waals surface area contributed by atoms with E-state index in [1.807, 2.05) is 6.92 Å². The number of rotatable bonds is 7. The van der Waals surface area contributed by atoms with Crippen LogP contribution in [0.25, 0.3) is 6.08 Å². The van der Waals surface area contributed by atoms with E-state index < -0.39 is 5.91 Å². The molecule has 1 heterocycles. The molecule has 144 valence electrons. The molecule has 0 saturated carbocycles. The van der Waals surface area contributed by atoms with Crippen LogP contribution in [0.1, 0.15) is 23.0 Å². The summed E-state index contributed by atoms with van der Waals surface area (Å²) in [6.45, 7) is 2.28. The van der Waals surface area contributed by atoms with Crippen LogP contribution in [0.2, 0.25) is 5.02 Å². The Balaban J connectivity index is 0.00000364. The molecule has 2 rings (SSSR count). The van der Waals surface area contributed by atoms with Crippen LogP contribution < -0.4 is 16.1 Å². The number of anilines is 1. The third-order valence-electron chi connectivity index (χ3n) is 3.26. The third kappa shape index (κ3) is 7.61. The van der Waals surface area contributed by atoms with Gasteiger partial charge < -0.3 is 10.6 Å². The Morgan fingerprint density at radius 1 is 1.22 bits per heavy atom. The van der Waals surface area contributed by atoms with Crippen molar-refractivity contribution in [2.45, 2.75) is 13.0 Å². The molecule has 1 aromatic heterocycles. The van der Waals surface area contributed by atoms with E-state index in [4.69, 9.17) is 16.8 Å². The summed E-state index contributed by atoms with van der Waals surface area (Å²) in [6, 6.07) is 6.55. The van der Waals surface area contributed by atoms with Crippen LogP contribution in [-0.4, -0.2) is 39.6 Å². The first-order valence-corrected chi connectivity index (χ1v) is 8.10. The predicted molar refractivity (Wildman–Crippen MR) is 105 cm³/mol. The third-order valence-corrected chi connectivity index (χ3v) is 3.51. The van der Waals surface area contributed by atoms with Crippen molar-refractivity contribution >= 4 is 47.7 Å². The monoisotopic (exact) mass is 411 g/mol. The molecular formula is C17H19Cl2N5O3. The summed E-state index contributed by atoms with van der Waals surface area (Å²) in [5.41, 5.74) is 2.48. The molecule has 1 aromatic carbocycles. The molecule has 0 fully saturated rings. The highest BCUT2D eigenvalue weighted by molar-refractivity contribution is 6.30. The van der Waals surface area contributed by atoms with Crippen molar-refractivity contribution in [3.8, 4) is 0 Å². The van der Waals surface area contributed by atoms with Crippen LogP contribution in [0, 0.1) is 0 Å². The topological polar surface area (TPSA) is 116 Å². The van der Waals surface area contributed by atoms with E-state index >= 15 is 0 Å². The normalized spacial score (nSPS) is 11.4. The van der Waals surface area contributed by atoms with Crippen molar-refractivity contribution in [3.63, 3.8) is 0 Å². The predicted octanol–water partition coefficient (Wildman–Crippen LogP) is 2.30. The summed E-state index contributed by atoms with van der Waals surface area (Å²) in [6.07, 6.45) is 5.53. The second-order valence-electron chi connectivity index (χ2n) is 5.40. The first-order chi connectivity index (χ1) is 12.5. The van der Waals surface area contributed by atoms with Gasteiger partial charge in [-0.3, -0.25) is 19.8 Å². The number of hydrogen-bond acceptors (Lipinski definition) is 6. The largest absolute Gasteiger partial charge is 0.365 e. The zero-order chi connectivity index (χ0) is 18.9. The molecule has 0 saturated heterocycles. The minimum atomic E-state index is -0.654. The Morgan fingerprint density at radius 3 is 2.52 bits per heavy atom. The van der Waals surface area contributed by atoms with Crippen molar-refractivity contribution in [3.05, 3.63) is 59.0 Å².